The Morgan fingerprint density at radius 2 is 1.82 bits per heavy atom. The molecule has 1 aliphatic heterocycles. The third kappa shape index (κ3) is 5.02. The molecule has 4 aromatic carbocycles. The Morgan fingerprint density at radius 3 is 2.76 bits per heavy atom. The Labute approximate surface area is 304 Å². The molecule has 5 aliphatic carbocycles. The van der Waals surface area contributed by atoms with Gasteiger partial charge < -0.3 is 14.2 Å². The van der Waals surface area contributed by atoms with Crippen LogP contribution in [0.15, 0.2) is 154 Å². The van der Waals surface area contributed by atoms with E-state index in [0.29, 0.717) is 11.2 Å². The average molecular weight is 681 g/mol. The number of benzene rings is 4. The van der Waals surface area contributed by atoms with Gasteiger partial charge in [-0.05, 0) is 110 Å². The Hall–Kier alpha value is -4.93. The van der Waals surface area contributed by atoms with E-state index >= 15 is 0 Å². The van der Waals surface area contributed by atoms with Crippen LogP contribution in [0.1, 0.15) is 61.3 Å². The van der Waals surface area contributed by atoms with Crippen LogP contribution in [-0.2, 0) is 6.42 Å². The second-order valence-electron chi connectivity index (χ2n) is 15.0. The van der Waals surface area contributed by atoms with Gasteiger partial charge in [0.25, 0.3) is 0 Å². The number of nitrogens with zero attached hydrogens (tertiary/aromatic N) is 2. The molecule has 1 fully saturated rings. The number of anilines is 3. The van der Waals surface area contributed by atoms with E-state index in [2.05, 4.69) is 155 Å². The van der Waals surface area contributed by atoms with E-state index in [1.807, 2.05) is 0 Å². The Kier molecular flexibility index (Phi) is 6.90. The fourth-order valence-electron chi connectivity index (χ4n) is 9.17. The molecule has 4 atom stereocenters. The monoisotopic (exact) mass is 680 g/mol. The van der Waals surface area contributed by atoms with Crippen LogP contribution in [0.25, 0.3) is 27.8 Å². The van der Waals surface area contributed by atoms with E-state index in [4.69, 9.17) is 4.42 Å². The van der Waals surface area contributed by atoms with Gasteiger partial charge >= 0.3 is 0 Å². The summed E-state index contributed by atoms with van der Waals surface area (Å²) in [7, 11) is 0. The first-order valence-corrected chi connectivity index (χ1v) is 19.7. The fourth-order valence-corrected chi connectivity index (χ4v) is 10.5. The summed E-state index contributed by atoms with van der Waals surface area (Å²) in [6, 6.07) is 29.4. The molecule has 0 N–H and O–H groups in total. The molecule has 0 saturated heterocycles. The number of rotatable bonds is 5. The van der Waals surface area contributed by atoms with Crippen molar-refractivity contribution in [3.63, 3.8) is 0 Å². The van der Waals surface area contributed by atoms with Crippen molar-refractivity contribution in [2.75, 3.05) is 9.80 Å². The van der Waals surface area contributed by atoms with Crippen molar-refractivity contribution in [2.24, 2.45) is 11.8 Å². The summed E-state index contributed by atoms with van der Waals surface area (Å²) in [5.41, 5.74) is 11.5. The highest BCUT2D eigenvalue weighted by Gasteiger charge is 2.41. The van der Waals surface area contributed by atoms with Gasteiger partial charge in [0.2, 0.25) is 0 Å². The first kappa shape index (κ1) is 29.8. The predicted molar refractivity (Wildman–Crippen MR) is 214 cm³/mol. The lowest BCUT2D eigenvalue weighted by Crippen LogP contribution is -2.33. The van der Waals surface area contributed by atoms with E-state index in [0.717, 1.165) is 54.5 Å². The summed E-state index contributed by atoms with van der Waals surface area (Å²) in [5.74, 6) is 3.18. The highest BCUT2D eigenvalue weighted by atomic mass is 32.2. The molecule has 0 spiro atoms. The minimum absolute atomic E-state index is 0.334. The first-order chi connectivity index (χ1) is 25.2. The van der Waals surface area contributed by atoms with Gasteiger partial charge in [0.15, 0.2) is 0 Å². The van der Waals surface area contributed by atoms with Gasteiger partial charge in [0.05, 0.1) is 16.6 Å². The average Bonchev–Trinajstić information content (AvgIpc) is 3.88. The highest BCUT2D eigenvalue weighted by Crippen LogP contribution is 2.54. The lowest BCUT2D eigenvalue weighted by molar-refractivity contribution is 0.546. The number of furan rings is 1. The lowest BCUT2D eigenvalue weighted by atomic mass is 9.90. The second kappa shape index (κ2) is 11.8. The molecule has 6 aliphatic rings. The zero-order valence-electron chi connectivity index (χ0n) is 28.7. The predicted octanol–water partition coefficient (Wildman–Crippen LogP) is 12.7. The van der Waals surface area contributed by atoms with Crippen molar-refractivity contribution in [3.05, 3.63) is 161 Å². The van der Waals surface area contributed by atoms with Gasteiger partial charge in [-0.1, -0.05) is 85.0 Å². The topological polar surface area (TPSA) is 19.6 Å². The molecule has 1 saturated carbocycles. The number of hydrogen-bond donors (Lipinski definition) is 0. The molecule has 250 valence electrons. The first-order valence-electron chi connectivity index (χ1n) is 18.8. The van der Waals surface area contributed by atoms with Gasteiger partial charge in [0.1, 0.15) is 11.3 Å². The van der Waals surface area contributed by atoms with Crippen LogP contribution in [0, 0.1) is 11.8 Å². The molecule has 2 heterocycles. The molecule has 0 radical (unpaired) electrons. The maximum Gasteiger partial charge on any atom is 0.135 e. The van der Waals surface area contributed by atoms with Crippen LogP contribution < -0.4 is 9.80 Å². The zero-order chi connectivity index (χ0) is 33.5. The molecular weight excluding hydrogens is 641 g/mol. The molecular formula is C47H40N2OS. The zero-order valence-corrected chi connectivity index (χ0v) is 29.5. The van der Waals surface area contributed by atoms with Crippen LogP contribution in [0.4, 0.5) is 17.1 Å². The molecule has 1 aromatic heterocycles. The van der Waals surface area contributed by atoms with Crippen molar-refractivity contribution < 1.29 is 4.42 Å². The van der Waals surface area contributed by atoms with E-state index in [1.54, 1.807) is 0 Å². The fraction of sp³-hybridized carbons (Fsp3) is 0.234. The number of fused-ring (bicyclic) bond motifs is 7. The lowest BCUT2D eigenvalue weighted by Gasteiger charge is -2.41. The molecule has 0 amide bonds. The van der Waals surface area contributed by atoms with Gasteiger partial charge in [-0.15, -0.1) is 11.8 Å². The summed E-state index contributed by atoms with van der Waals surface area (Å²) in [4.78, 5) is 6.52. The summed E-state index contributed by atoms with van der Waals surface area (Å²) < 4.78 is 6.31. The van der Waals surface area contributed by atoms with E-state index < -0.39 is 0 Å². The maximum atomic E-state index is 6.31. The van der Waals surface area contributed by atoms with Crippen molar-refractivity contribution in [3.8, 4) is 0 Å². The third-order valence-corrected chi connectivity index (χ3v) is 13.2. The van der Waals surface area contributed by atoms with Crippen LogP contribution in [-0.4, -0.2) is 5.25 Å². The molecule has 3 nitrogen and oxygen atoms in total. The van der Waals surface area contributed by atoms with Gasteiger partial charge in [-0.25, -0.2) is 0 Å². The molecule has 11 rings (SSSR count). The molecule has 0 bridgehead atoms. The normalized spacial score (nSPS) is 24.3. The minimum atomic E-state index is 0.334. The summed E-state index contributed by atoms with van der Waals surface area (Å²) in [6.07, 6.45) is 29.3. The van der Waals surface area contributed by atoms with Gasteiger partial charge in [0, 0.05) is 56.3 Å². The van der Waals surface area contributed by atoms with E-state index in [1.165, 1.54) is 79.9 Å². The second-order valence-corrected chi connectivity index (χ2v) is 16.2. The van der Waals surface area contributed by atoms with E-state index in [9.17, 15) is 0 Å². The summed E-state index contributed by atoms with van der Waals surface area (Å²) in [5, 5.41) is 4.16. The standard InChI is InChI=1S/C47H40N2OS/c1-2-10-38-31(8-1)9-7-13-41(38)48(37-23-25-45-40(29-37)39-11-3-5-14-44(39)50-45)35-20-16-30(17-21-35)33-19-24-43-47(28-33)51-46-15-6-4-12-42(46)49(43)36-22-18-32-26-34(32)27-36/h1-4,6-13,16,19-21,23-25,27-30,32,34,46H,5,14-15,17-18,22,26H2. The Morgan fingerprint density at radius 1 is 0.863 bits per heavy atom. The van der Waals surface area contributed by atoms with Crippen molar-refractivity contribution in [1.82, 2.24) is 0 Å². The largest absolute Gasteiger partial charge is 0.460 e. The van der Waals surface area contributed by atoms with Crippen molar-refractivity contribution in [2.45, 2.75) is 61.0 Å². The Bertz CT molecular complexity index is 2430. The summed E-state index contributed by atoms with van der Waals surface area (Å²) in [6.45, 7) is 0. The quantitative estimate of drug-likeness (QED) is 0.184. The number of hydrogen-bond acceptors (Lipinski definition) is 4. The van der Waals surface area contributed by atoms with Gasteiger partial charge in [-0.3, -0.25) is 0 Å². The smallest absolute Gasteiger partial charge is 0.135 e. The molecule has 51 heavy (non-hydrogen) atoms. The minimum Gasteiger partial charge on any atom is -0.460 e. The van der Waals surface area contributed by atoms with Crippen LogP contribution in [0.3, 0.4) is 0 Å². The van der Waals surface area contributed by atoms with Crippen LogP contribution in [0.5, 0.6) is 0 Å². The van der Waals surface area contributed by atoms with Crippen molar-refractivity contribution in [1.29, 1.82) is 0 Å². The highest BCUT2D eigenvalue weighted by molar-refractivity contribution is 8.00. The van der Waals surface area contributed by atoms with E-state index in [-0.39, 0.29) is 0 Å². The van der Waals surface area contributed by atoms with Crippen molar-refractivity contribution >= 4 is 56.6 Å². The molecule has 4 unspecified atom stereocenters. The van der Waals surface area contributed by atoms with Crippen LogP contribution in [0.2, 0.25) is 0 Å². The van der Waals surface area contributed by atoms with Gasteiger partial charge in [-0.2, -0.15) is 0 Å². The number of aryl methyl sites for hydroxylation is 1. The molecule has 4 heteroatoms. The number of thioether (sulfide) groups is 1. The number of allylic oxidation sites excluding steroid dienone is 9. The molecule has 5 aromatic rings. The third-order valence-electron chi connectivity index (χ3n) is 11.9. The maximum absolute atomic E-state index is 6.31. The SMILES string of the molecule is C1=CCC2Sc3cc(C4C=CC(N(c5ccc6oc7c(c6c5)C=CCC7)c5cccc6ccccc56)=CC4)ccc3N(C3=CC4CC4CC3)C2=C1. The summed E-state index contributed by atoms with van der Waals surface area (Å²) >= 11 is 2.06. The Balaban J connectivity index is 0.952. The van der Waals surface area contributed by atoms with Crippen LogP contribution >= 0.6 is 11.8 Å².